The zero-order valence-corrected chi connectivity index (χ0v) is 14.3. The SMILES string of the molecule is CCCNC(C)c1ccc(N(C)CC(C)CC)c(Cl)c1. The minimum atomic E-state index is 0.348. The van der Waals surface area contributed by atoms with E-state index in [1.807, 2.05) is 0 Å². The van der Waals surface area contributed by atoms with E-state index in [0.29, 0.717) is 12.0 Å². The van der Waals surface area contributed by atoms with Gasteiger partial charge in [0.1, 0.15) is 0 Å². The molecule has 0 radical (unpaired) electrons. The first kappa shape index (κ1) is 17.3. The van der Waals surface area contributed by atoms with Crippen LogP contribution in [0.25, 0.3) is 0 Å². The Balaban J connectivity index is 2.77. The van der Waals surface area contributed by atoms with Crippen LogP contribution >= 0.6 is 11.6 Å². The van der Waals surface area contributed by atoms with Crippen LogP contribution in [0.5, 0.6) is 0 Å². The molecule has 0 spiro atoms. The van der Waals surface area contributed by atoms with Crippen molar-refractivity contribution in [2.75, 3.05) is 25.0 Å². The first-order valence-corrected chi connectivity index (χ1v) is 8.11. The highest BCUT2D eigenvalue weighted by Crippen LogP contribution is 2.29. The summed E-state index contributed by atoms with van der Waals surface area (Å²) in [7, 11) is 2.12. The summed E-state index contributed by atoms with van der Waals surface area (Å²) in [5, 5.41) is 4.34. The molecule has 2 atom stereocenters. The predicted octanol–water partition coefficient (Wildman–Crippen LogP) is 4.88. The highest BCUT2D eigenvalue weighted by atomic mass is 35.5. The lowest BCUT2D eigenvalue weighted by Gasteiger charge is -2.25. The molecule has 0 saturated heterocycles. The predicted molar refractivity (Wildman–Crippen MR) is 90.9 cm³/mol. The van der Waals surface area contributed by atoms with Crippen molar-refractivity contribution in [2.24, 2.45) is 5.92 Å². The number of benzene rings is 1. The van der Waals surface area contributed by atoms with Gasteiger partial charge in [-0.3, -0.25) is 0 Å². The lowest BCUT2D eigenvalue weighted by atomic mass is 10.1. The molecular weight excluding hydrogens is 268 g/mol. The first-order valence-electron chi connectivity index (χ1n) is 7.73. The smallest absolute Gasteiger partial charge is 0.0642 e. The third-order valence-corrected chi connectivity index (χ3v) is 4.17. The third kappa shape index (κ3) is 4.99. The Morgan fingerprint density at radius 2 is 1.95 bits per heavy atom. The molecule has 0 amide bonds. The fraction of sp³-hybridized carbons (Fsp3) is 0.647. The van der Waals surface area contributed by atoms with Crippen LogP contribution < -0.4 is 10.2 Å². The molecule has 0 aliphatic carbocycles. The Morgan fingerprint density at radius 3 is 2.50 bits per heavy atom. The van der Waals surface area contributed by atoms with Gasteiger partial charge < -0.3 is 10.2 Å². The number of anilines is 1. The van der Waals surface area contributed by atoms with E-state index in [0.717, 1.165) is 30.2 Å². The molecule has 0 aromatic heterocycles. The molecule has 2 nitrogen and oxygen atoms in total. The maximum Gasteiger partial charge on any atom is 0.0642 e. The van der Waals surface area contributed by atoms with Crippen LogP contribution in [0, 0.1) is 5.92 Å². The molecule has 0 fully saturated rings. The Morgan fingerprint density at radius 1 is 1.25 bits per heavy atom. The van der Waals surface area contributed by atoms with Crippen LogP contribution in [0.2, 0.25) is 5.02 Å². The van der Waals surface area contributed by atoms with Gasteiger partial charge in [-0.2, -0.15) is 0 Å². The van der Waals surface area contributed by atoms with Crippen LogP contribution in [0.3, 0.4) is 0 Å². The lowest BCUT2D eigenvalue weighted by molar-refractivity contribution is 0.559. The number of hydrogen-bond acceptors (Lipinski definition) is 2. The van der Waals surface area contributed by atoms with E-state index in [1.165, 1.54) is 12.0 Å². The molecule has 114 valence electrons. The summed E-state index contributed by atoms with van der Waals surface area (Å²) in [4.78, 5) is 2.25. The number of rotatable bonds is 8. The van der Waals surface area contributed by atoms with Crippen LogP contribution in [0.15, 0.2) is 18.2 Å². The maximum atomic E-state index is 6.46. The molecule has 0 bridgehead atoms. The maximum absolute atomic E-state index is 6.46. The highest BCUT2D eigenvalue weighted by molar-refractivity contribution is 6.33. The average molecular weight is 297 g/mol. The molecule has 0 aliphatic rings. The Bertz CT molecular complexity index is 406. The van der Waals surface area contributed by atoms with Gasteiger partial charge in [-0.15, -0.1) is 0 Å². The summed E-state index contributed by atoms with van der Waals surface area (Å²) < 4.78 is 0. The Hall–Kier alpha value is -0.730. The molecule has 1 N–H and O–H groups in total. The van der Waals surface area contributed by atoms with Crippen LogP contribution in [-0.4, -0.2) is 20.1 Å². The van der Waals surface area contributed by atoms with E-state index < -0.39 is 0 Å². The normalized spacial score (nSPS) is 14.1. The van der Waals surface area contributed by atoms with E-state index in [4.69, 9.17) is 11.6 Å². The zero-order valence-electron chi connectivity index (χ0n) is 13.5. The fourth-order valence-corrected chi connectivity index (χ4v) is 2.61. The summed E-state index contributed by atoms with van der Waals surface area (Å²) in [5.41, 5.74) is 2.38. The van der Waals surface area contributed by atoms with Crippen molar-refractivity contribution >= 4 is 17.3 Å². The molecule has 1 aromatic rings. The largest absolute Gasteiger partial charge is 0.373 e. The summed E-state index contributed by atoms with van der Waals surface area (Å²) >= 11 is 6.46. The van der Waals surface area contributed by atoms with Crippen molar-refractivity contribution in [1.29, 1.82) is 0 Å². The van der Waals surface area contributed by atoms with Gasteiger partial charge in [0.05, 0.1) is 10.7 Å². The first-order chi connectivity index (χ1) is 9.49. The molecule has 2 unspecified atom stereocenters. The van der Waals surface area contributed by atoms with E-state index in [9.17, 15) is 0 Å². The number of nitrogens with zero attached hydrogens (tertiary/aromatic N) is 1. The molecule has 0 heterocycles. The quantitative estimate of drug-likeness (QED) is 0.735. The van der Waals surface area contributed by atoms with Crippen molar-refractivity contribution in [2.45, 2.75) is 46.6 Å². The van der Waals surface area contributed by atoms with Crippen LogP contribution in [-0.2, 0) is 0 Å². The summed E-state index contributed by atoms with van der Waals surface area (Å²) in [6.07, 6.45) is 2.34. The summed E-state index contributed by atoms with van der Waals surface area (Å²) in [6.45, 7) is 10.9. The average Bonchev–Trinajstić information content (AvgIpc) is 2.44. The van der Waals surface area contributed by atoms with Crippen molar-refractivity contribution < 1.29 is 0 Å². The minimum Gasteiger partial charge on any atom is -0.373 e. The van der Waals surface area contributed by atoms with Crippen molar-refractivity contribution in [3.63, 3.8) is 0 Å². The van der Waals surface area contributed by atoms with E-state index in [1.54, 1.807) is 0 Å². The van der Waals surface area contributed by atoms with Gasteiger partial charge in [0.25, 0.3) is 0 Å². The second-order valence-electron chi connectivity index (χ2n) is 5.78. The second-order valence-corrected chi connectivity index (χ2v) is 6.19. The topological polar surface area (TPSA) is 15.3 Å². The standard InChI is InChI=1S/C17H29ClN2/c1-6-10-19-14(4)15-8-9-17(16(18)11-15)20(5)12-13(3)7-2/h8-9,11,13-14,19H,6-7,10,12H2,1-5H3. The van der Waals surface area contributed by atoms with Gasteiger partial charge in [-0.25, -0.2) is 0 Å². The van der Waals surface area contributed by atoms with E-state index >= 15 is 0 Å². The Kier molecular flexibility index (Phi) is 7.39. The van der Waals surface area contributed by atoms with Crippen LogP contribution in [0.4, 0.5) is 5.69 Å². The van der Waals surface area contributed by atoms with E-state index in [-0.39, 0.29) is 0 Å². The van der Waals surface area contributed by atoms with E-state index in [2.05, 4.69) is 63.2 Å². The molecular formula is C17H29ClN2. The fourth-order valence-electron chi connectivity index (χ4n) is 2.28. The third-order valence-electron chi connectivity index (χ3n) is 3.87. The summed E-state index contributed by atoms with van der Waals surface area (Å²) in [5.74, 6) is 0.681. The highest BCUT2D eigenvalue weighted by Gasteiger charge is 2.12. The lowest BCUT2D eigenvalue weighted by Crippen LogP contribution is -2.24. The molecule has 3 heteroatoms. The van der Waals surface area contributed by atoms with Gasteiger partial charge in [-0.1, -0.05) is 44.9 Å². The van der Waals surface area contributed by atoms with Crippen molar-refractivity contribution in [1.82, 2.24) is 5.32 Å². The van der Waals surface area contributed by atoms with Crippen LogP contribution in [0.1, 0.15) is 52.1 Å². The second kappa shape index (κ2) is 8.53. The van der Waals surface area contributed by atoms with Gasteiger partial charge in [0.2, 0.25) is 0 Å². The monoisotopic (exact) mass is 296 g/mol. The molecule has 1 aromatic carbocycles. The van der Waals surface area contributed by atoms with Gasteiger partial charge in [0, 0.05) is 19.6 Å². The molecule has 20 heavy (non-hydrogen) atoms. The number of halogens is 1. The van der Waals surface area contributed by atoms with Crippen molar-refractivity contribution in [3.05, 3.63) is 28.8 Å². The summed E-state index contributed by atoms with van der Waals surface area (Å²) in [6, 6.07) is 6.77. The minimum absolute atomic E-state index is 0.348. The molecule has 0 saturated carbocycles. The number of nitrogens with one attached hydrogen (secondary N) is 1. The van der Waals surface area contributed by atoms with Gasteiger partial charge >= 0.3 is 0 Å². The molecule has 0 aliphatic heterocycles. The van der Waals surface area contributed by atoms with Gasteiger partial charge in [0.15, 0.2) is 0 Å². The Labute approximate surface area is 129 Å². The molecule has 1 rings (SSSR count). The van der Waals surface area contributed by atoms with Crippen molar-refractivity contribution in [3.8, 4) is 0 Å². The zero-order chi connectivity index (χ0) is 15.1. The number of hydrogen-bond donors (Lipinski definition) is 1. The van der Waals surface area contributed by atoms with Gasteiger partial charge in [-0.05, 0) is 43.5 Å².